The van der Waals surface area contributed by atoms with Crippen molar-refractivity contribution in [2.45, 2.75) is 31.7 Å². The minimum Gasteiger partial charge on any atom is -0.508 e. The fourth-order valence-electron chi connectivity index (χ4n) is 2.14. The van der Waals surface area contributed by atoms with E-state index in [1.54, 1.807) is 18.2 Å². The summed E-state index contributed by atoms with van der Waals surface area (Å²) in [4.78, 5) is 0. The van der Waals surface area contributed by atoms with E-state index in [1.807, 2.05) is 6.07 Å². The van der Waals surface area contributed by atoms with Gasteiger partial charge in [-0.15, -0.1) is 0 Å². The van der Waals surface area contributed by atoms with Gasteiger partial charge in [-0.3, -0.25) is 0 Å². The first-order valence-corrected chi connectivity index (χ1v) is 6.00. The van der Waals surface area contributed by atoms with Crippen molar-refractivity contribution in [2.24, 2.45) is 0 Å². The van der Waals surface area contributed by atoms with Gasteiger partial charge in [0.15, 0.2) is 0 Å². The van der Waals surface area contributed by atoms with E-state index in [1.165, 1.54) is 25.7 Å². The maximum atomic E-state index is 9.25. The molecular formula is C13H19NO2. The van der Waals surface area contributed by atoms with E-state index in [0.29, 0.717) is 12.6 Å². The summed E-state index contributed by atoms with van der Waals surface area (Å²) in [6.07, 6.45) is 5.30. The molecule has 0 unspecified atom stereocenters. The van der Waals surface area contributed by atoms with Gasteiger partial charge in [0, 0.05) is 18.7 Å². The second-order valence-corrected chi connectivity index (χ2v) is 4.28. The molecule has 1 aliphatic carbocycles. The topological polar surface area (TPSA) is 41.5 Å². The van der Waals surface area contributed by atoms with Crippen LogP contribution in [0.3, 0.4) is 0 Å². The van der Waals surface area contributed by atoms with E-state index < -0.39 is 0 Å². The van der Waals surface area contributed by atoms with Crippen LogP contribution >= 0.6 is 0 Å². The van der Waals surface area contributed by atoms with E-state index in [0.717, 1.165) is 12.3 Å². The van der Waals surface area contributed by atoms with Gasteiger partial charge in [-0.2, -0.15) is 0 Å². The number of hydrogen-bond donors (Lipinski definition) is 2. The Morgan fingerprint density at radius 3 is 2.88 bits per heavy atom. The Kier molecular flexibility index (Phi) is 4.05. The predicted molar refractivity (Wildman–Crippen MR) is 63.9 cm³/mol. The molecule has 0 bridgehead atoms. The monoisotopic (exact) mass is 221 g/mol. The number of phenolic OH excluding ortho intramolecular Hbond substituents is 1. The fraction of sp³-hybridized carbons (Fsp3) is 0.538. The van der Waals surface area contributed by atoms with Gasteiger partial charge < -0.3 is 15.2 Å². The number of rotatable bonds is 5. The molecule has 2 N–H and O–H groups in total. The van der Waals surface area contributed by atoms with Crippen LogP contribution in [0.25, 0.3) is 0 Å². The van der Waals surface area contributed by atoms with Gasteiger partial charge in [0.1, 0.15) is 18.1 Å². The normalized spacial score (nSPS) is 16.5. The maximum Gasteiger partial charge on any atom is 0.123 e. The molecule has 1 aliphatic rings. The molecule has 1 saturated carbocycles. The van der Waals surface area contributed by atoms with Crippen molar-refractivity contribution in [1.82, 2.24) is 5.32 Å². The molecule has 3 nitrogen and oxygen atoms in total. The first kappa shape index (κ1) is 11.3. The highest BCUT2D eigenvalue weighted by Gasteiger charge is 2.13. The maximum absolute atomic E-state index is 9.25. The summed E-state index contributed by atoms with van der Waals surface area (Å²) in [5.41, 5.74) is 0. The number of aromatic hydroxyl groups is 1. The minimum absolute atomic E-state index is 0.251. The molecule has 16 heavy (non-hydrogen) atoms. The molecule has 2 rings (SSSR count). The van der Waals surface area contributed by atoms with Crippen molar-refractivity contribution in [3.05, 3.63) is 24.3 Å². The molecule has 0 spiro atoms. The summed E-state index contributed by atoms with van der Waals surface area (Å²) in [5.74, 6) is 0.981. The molecule has 0 saturated heterocycles. The van der Waals surface area contributed by atoms with Crippen LogP contribution in [-0.2, 0) is 0 Å². The summed E-state index contributed by atoms with van der Waals surface area (Å²) >= 11 is 0. The van der Waals surface area contributed by atoms with E-state index in [9.17, 15) is 5.11 Å². The zero-order valence-electron chi connectivity index (χ0n) is 9.48. The SMILES string of the molecule is Oc1cccc(OCCNC2CCCC2)c1. The van der Waals surface area contributed by atoms with Crippen molar-refractivity contribution in [1.29, 1.82) is 0 Å². The predicted octanol–water partition coefficient (Wildman–Crippen LogP) is 2.30. The van der Waals surface area contributed by atoms with Gasteiger partial charge in [-0.25, -0.2) is 0 Å². The molecule has 1 aromatic carbocycles. The van der Waals surface area contributed by atoms with Crippen LogP contribution in [0.4, 0.5) is 0 Å². The first-order valence-electron chi connectivity index (χ1n) is 6.00. The molecule has 0 aliphatic heterocycles. The Morgan fingerprint density at radius 2 is 2.12 bits per heavy atom. The average Bonchev–Trinajstić information content (AvgIpc) is 2.77. The zero-order valence-corrected chi connectivity index (χ0v) is 9.48. The Morgan fingerprint density at radius 1 is 1.31 bits per heavy atom. The lowest BCUT2D eigenvalue weighted by Gasteiger charge is -2.12. The fourth-order valence-corrected chi connectivity index (χ4v) is 2.14. The quantitative estimate of drug-likeness (QED) is 0.750. The van der Waals surface area contributed by atoms with Crippen molar-refractivity contribution in [3.8, 4) is 11.5 Å². The standard InChI is InChI=1S/C13H19NO2/c15-12-6-3-7-13(10-12)16-9-8-14-11-4-1-2-5-11/h3,6-7,10-11,14-15H,1-2,4-5,8-9H2. The molecule has 0 amide bonds. The van der Waals surface area contributed by atoms with Crippen LogP contribution in [0.1, 0.15) is 25.7 Å². The van der Waals surface area contributed by atoms with E-state index in [2.05, 4.69) is 5.32 Å². The van der Waals surface area contributed by atoms with E-state index >= 15 is 0 Å². The van der Waals surface area contributed by atoms with Crippen LogP contribution in [0.15, 0.2) is 24.3 Å². The Labute approximate surface area is 96.4 Å². The zero-order chi connectivity index (χ0) is 11.2. The highest BCUT2D eigenvalue weighted by Crippen LogP contribution is 2.18. The molecule has 88 valence electrons. The van der Waals surface area contributed by atoms with Crippen LogP contribution in [0, 0.1) is 0 Å². The van der Waals surface area contributed by atoms with Crippen molar-refractivity contribution >= 4 is 0 Å². The third-order valence-corrected chi connectivity index (χ3v) is 2.98. The summed E-state index contributed by atoms with van der Waals surface area (Å²) < 4.78 is 5.52. The summed E-state index contributed by atoms with van der Waals surface area (Å²) in [6, 6.07) is 7.61. The second kappa shape index (κ2) is 5.75. The summed E-state index contributed by atoms with van der Waals surface area (Å²) in [5, 5.41) is 12.7. The number of benzene rings is 1. The second-order valence-electron chi connectivity index (χ2n) is 4.28. The van der Waals surface area contributed by atoms with Crippen LogP contribution < -0.4 is 10.1 Å². The van der Waals surface area contributed by atoms with Gasteiger partial charge in [-0.1, -0.05) is 18.9 Å². The number of nitrogens with one attached hydrogen (secondary N) is 1. The van der Waals surface area contributed by atoms with Gasteiger partial charge >= 0.3 is 0 Å². The summed E-state index contributed by atoms with van der Waals surface area (Å²) in [7, 11) is 0. The van der Waals surface area contributed by atoms with E-state index in [4.69, 9.17) is 4.74 Å². The molecule has 3 heteroatoms. The van der Waals surface area contributed by atoms with Crippen molar-refractivity contribution in [2.75, 3.05) is 13.2 Å². The minimum atomic E-state index is 0.251. The molecule has 0 atom stereocenters. The Bertz CT molecular complexity index is 321. The highest BCUT2D eigenvalue weighted by molar-refractivity contribution is 5.31. The largest absolute Gasteiger partial charge is 0.508 e. The number of phenols is 1. The van der Waals surface area contributed by atoms with Crippen molar-refractivity contribution < 1.29 is 9.84 Å². The molecular weight excluding hydrogens is 202 g/mol. The van der Waals surface area contributed by atoms with Crippen molar-refractivity contribution in [3.63, 3.8) is 0 Å². The van der Waals surface area contributed by atoms with Gasteiger partial charge in [0.2, 0.25) is 0 Å². The molecule has 1 aromatic rings. The lowest BCUT2D eigenvalue weighted by atomic mass is 10.2. The van der Waals surface area contributed by atoms with Crippen LogP contribution in [0.2, 0.25) is 0 Å². The molecule has 1 fully saturated rings. The molecule has 0 heterocycles. The third kappa shape index (κ3) is 3.42. The van der Waals surface area contributed by atoms with Crippen LogP contribution in [0.5, 0.6) is 11.5 Å². The first-order chi connectivity index (χ1) is 7.84. The summed E-state index contributed by atoms with van der Waals surface area (Å²) in [6.45, 7) is 1.53. The Hall–Kier alpha value is -1.22. The lowest BCUT2D eigenvalue weighted by molar-refractivity contribution is 0.303. The Balaban J connectivity index is 1.64. The highest BCUT2D eigenvalue weighted by atomic mass is 16.5. The van der Waals surface area contributed by atoms with Gasteiger partial charge in [0.05, 0.1) is 0 Å². The smallest absolute Gasteiger partial charge is 0.123 e. The third-order valence-electron chi connectivity index (χ3n) is 2.98. The van der Waals surface area contributed by atoms with Gasteiger partial charge in [-0.05, 0) is 25.0 Å². The van der Waals surface area contributed by atoms with E-state index in [-0.39, 0.29) is 5.75 Å². The lowest BCUT2D eigenvalue weighted by Crippen LogP contribution is -2.30. The number of ether oxygens (including phenoxy) is 1. The van der Waals surface area contributed by atoms with Crippen LogP contribution in [-0.4, -0.2) is 24.3 Å². The van der Waals surface area contributed by atoms with Gasteiger partial charge in [0.25, 0.3) is 0 Å². The molecule has 0 aromatic heterocycles. The average molecular weight is 221 g/mol. The number of hydrogen-bond acceptors (Lipinski definition) is 3. The molecule has 0 radical (unpaired) electrons.